The van der Waals surface area contributed by atoms with Gasteiger partial charge in [-0.15, -0.1) is 0 Å². The summed E-state index contributed by atoms with van der Waals surface area (Å²) in [4.78, 5) is 0. The number of benzene rings is 1. The summed E-state index contributed by atoms with van der Waals surface area (Å²) in [6, 6.07) is 5.71. The number of anilines is 1. The Bertz CT molecular complexity index is 347. The summed E-state index contributed by atoms with van der Waals surface area (Å²) in [5.41, 5.74) is 7.46. The minimum Gasteiger partial charge on any atom is -0.398 e. The van der Waals surface area contributed by atoms with Crippen molar-refractivity contribution in [3.8, 4) is 0 Å². The van der Waals surface area contributed by atoms with Crippen molar-refractivity contribution in [1.82, 2.24) is 0 Å². The predicted octanol–water partition coefficient (Wildman–Crippen LogP) is 3.25. The van der Waals surface area contributed by atoms with Gasteiger partial charge in [-0.05, 0) is 30.9 Å². The Morgan fingerprint density at radius 1 is 1.33 bits per heavy atom. The quantitative estimate of drug-likeness (QED) is 0.810. The van der Waals surface area contributed by atoms with Crippen molar-refractivity contribution in [3.63, 3.8) is 0 Å². The second-order valence-corrected chi connectivity index (χ2v) is 5.18. The third kappa shape index (κ3) is 2.34. The molecule has 0 amide bonds. The van der Waals surface area contributed by atoms with Crippen LogP contribution in [0.5, 0.6) is 0 Å². The molecular formula is C12H16BrNO. The van der Waals surface area contributed by atoms with E-state index < -0.39 is 0 Å². The van der Waals surface area contributed by atoms with Crippen LogP contribution in [-0.4, -0.2) is 5.11 Å². The van der Waals surface area contributed by atoms with Crippen molar-refractivity contribution in [1.29, 1.82) is 0 Å². The predicted molar refractivity (Wildman–Crippen MR) is 65.5 cm³/mol. The lowest BCUT2D eigenvalue weighted by Gasteiger charge is -2.19. The Balaban J connectivity index is 2.20. The fourth-order valence-electron chi connectivity index (χ4n) is 2.34. The summed E-state index contributed by atoms with van der Waals surface area (Å²) in [7, 11) is 0. The fourth-order valence-corrected chi connectivity index (χ4v) is 2.72. The van der Waals surface area contributed by atoms with Gasteiger partial charge in [0.05, 0.1) is 6.10 Å². The lowest BCUT2D eigenvalue weighted by Crippen LogP contribution is -2.11. The zero-order valence-electron chi connectivity index (χ0n) is 8.62. The van der Waals surface area contributed by atoms with Crippen LogP contribution in [0.15, 0.2) is 22.7 Å². The molecule has 1 atom stereocenters. The molecule has 1 aromatic carbocycles. The molecule has 0 aliphatic heterocycles. The highest BCUT2D eigenvalue weighted by Gasteiger charge is 2.25. The number of hydrogen-bond acceptors (Lipinski definition) is 2. The van der Waals surface area contributed by atoms with Crippen LogP contribution in [-0.2, 0) is 0 Å². The Kier molecular flexibility index (Phi) is 3.32. The number of aliphatic hydroxyl groups is 1. The van der Waals surface area contributed by atoms with Crippen LogP contribution in [0.1, 0.15) is 37.4 Å². The van der Waals surface area contributed by atoms with Crippen LogP contribution in [0.25, 0.3) is 0 Å². The maximum atomic E-state index is 10.2. The monoisotopic (exact) mass is 269 g/mol. The summed E-state index contributed by atoms with van der Waals surface area (Å²) < 4.78 is 0.961. The molecule has 1 saturated carbocycles. The first-order valence-electron chi connectivity index (χ1n) is 5.41. The van der Waals surface area contributed by atoms with Crippen LogP contribution in [0.3, 0.4) is 0 Å². The maximum Gasteiger partial charge on any atom is 0.0838 e. The first-order chi connectivity index (χ1) is 7.18. The highest BCUT2D eigenvalue weighted by Crippen LogP contribution is 2.37. The maximum absolute atomic E-state index is 10.2. The molecule has 0 saturated heterocycles. The van der Waals surface area contributed by atoms with Gasteiger partial charge < -0.3 is 10.8 Å². The third-order valence-corrected chi connectivity index (χ3v) is 3.71. The van der Waals surface area contributed by atoms with E-state index in [-0.39, 0.29) is 6.10 Å². The Labute approximate surface area is 98.6 Å². The van der Waals surface area contributed by atoms with Crippen molar-refractivity contribution in [2.45, 2.75) is 31.8 Å². The molecule has 0 bridgehead atoms. The molecule has 3 heteroatoms. The van der Waals surface area contributed by atoms with Crippen molar-refractivity contribution < 1.29 is 5.11 Å². The molecule has 3 N–H and O–H groups in total. The van der Waals surface area contributed by atoms with Gasteiger partial charge in [-0.25, -0.2) is 0 Å². The third-order valence-electron chi connectivity index (χ3n) is 3.21. The summed E-state index contributed by atoms with van der Waals surface area (Å²) in [5.74, 6) is 0.397. The Morgan fingerprint density at radius 3 is 2.60 bits per heavy atom. The Morgan fingerprint density at radius 2 is 2.00 bits per heavy atom. The van der Waals surface area contributed by atoms with Crippen LogP contribution in [0.2, 0.25) is 0 Å². The van der Waals surface area contributed by atoms with E-state index in [0.717, 1.165) is 22.9 Å². The summed E-state index contributed by atoms with van der Waals surface area (Å²) >= 11 is 3.37. The number of halogens is 1. The molecule has 2 rings (SSSR count). The van der Waals surface area contributed by atoms with Crippen molar-refractivity contribution in [3.05, 3.63) is 28.2 Å². The van der Waals surface area contributed by atoms with Crippen molar-refractivity contribution >= 4 is 21.6 Å². The van der Waals surface area contributed by atoms with Crippen LogP contribution in [0.4, 0.5) is 5.69 Å². The fraction of sp³-hybridized carbons (Fsp3) is 0.500. The molecular weight excluding hydrogens is 254 g/mol. The van der Waals surface area contributed by atoms with Crippen LogP contribution in [0, 0.1) is 5.92 Å². The smallest absolute Gasteiger partial charge is 0.0838 e. The van der Waals surface area contributed by atoms with Crippen molar-refractivity contribution in [2.24, 2.45) is 5.92 Å². The SMILES string of the molecule is Nc1cc(Br)ccc1C(O)C1CCCC1. The van der Waals surface area contributed by atoms with Gasteiger partial charge in [-0.3, -0.25) is 0 Å². The molecule has 2 nitrogen and oxygen atoms in total. The first kappa shape index (κ1) is 11.0. The van der Waals surface area contributed by atoms with Crippen LogP contribution >= 0.6 is 15.9 Å². The summed E-state index contributed by atoms with van der Waals surface area (Å²) in [5, 5.41) is 10.2. The van der Waals surface area contributed by atoms with E-state index in [2.05, 4.69) is 15.9 Å². The lowest BCUT2D eigenvalue weighted by atomic mass is 9.93. The topological polar surface area (TPSA) is 46.2 Å². The second-order valence-electron chi connectivity index (χ2n) is 4.26. The van der Waals surface area contributed by atoms with E-state index in [0.29, 0.717) is 11.6 Å². The highest BCUT2D eigenvalue weighted by atomic mass is 79.9. The van der Waals surface area contributed by atoms with Gasteiger partial charge in [0.25, 0.3) is 0 Å². The molecule has 0 spiro atoms. The van der Waals surface area contributed by atoms with Crippen LogP contribution < -0.4 is 5.73 Å². The van der Waals surface area contributed by atoms with E-state index >= 15 is 0 Å². The molecule has 0 aromatic heterocycles. The number of aliphatic hydroxyl groups excluding tert-OH is 1. The number of nitrogen functional groups attached to an aromatic ring is 1. The van der Waals surface area contributed by atoms with Gasteiger partial charge in [0, 0.05) is 15.7 Å². The second kappa shape index (κ2) is 4.54. The van der Waals surface area contributed by atoms with Gasteiger partial charge in [-0.2, -0.15) is 0 Å². The van der Waals surface area contributed by atoms with E-state index in [1.807, 2.05) is 18.2 Å². The zero-order chi connectivity index (χ0) is 10.8. The lowest BCUT2D eigenvalue weighted by molar-refractivity contribution is 0.112. The molecule has 82 valence electrons. The molecule has 1 aliphatic carbocycles. The molecule has 1 aliphatic rings. The minimum atomic E-state index is -0.388. The zero-order valence-corrected chi connectivity index (χ0v) is 10.2. The number of rotatable bonds is 2. The largest absolute Gasteiger partial charge is 0.398 e. The molecule has 0 radical (unpaired) electrons. The number of hydrogen-bond donors (Lipinski definition) is 2. The van der Waals surface area contributed by atoms with Gasteiger partial charge in [0.2, 0.25) is 0 Å². The van der Waals surface area contributed by atoms with Gasteiger partial charge in [0.1, 0.15) is 0 Å². The highest BCUT2D eigenvalue weighted by molar-refractivity contribution is 9.10. The van der Waals surface area contributed by atoms with E-state index in [4.69, 9.17) is 5.73 Å². The summed E-state index contributed by atoms with van der Waals surface area (Å²) in [6.07, 6.45) is 4.32. The summed E-state index contributed by atoms with van der Waals surface area (Å²) in [6.45, 7) is 0. The average molecular weight is 270 g/mol. The van der Waals surface area contributed by atoms with E-state index in [9.17, 15) is 5.11 Å². The average Bonchev–Trinajstić information content (AvgIpc) is 2.69. The molecule has 1 unspecified atom stereocenters. The molecule has 1 fully saturated rings. The Hall–Kier alpha value is -0.540. The van der Waals surface area contributed by atoms with E-state index in [1.165, 1.54) is 12.8 Å². The van der Waals surface area contributed by atoms with Crippen molar-refractivity contribution in [2.75, 3.05) is 5.73 Å². The minimum absolute atomic E-state index is 0.388. The number of nitrogens with two attached hydrogens (primary N) is 1. The first-order valence-corrected chi connectivity index (χ1v) is 6.21. The molecule has 1 aromatic rings. The van der Waals surface area contributed by atoms with Gasteiger partial charge in [0.15, 0.2) is 0 Å². The molecule has 15 heavy (non-hydrogen) atoms. The molecule has 0 heterocycles. The normalized spacial score (nSPS) is 19.3. The van der Waals surface area contributed by atoms with E-state index in [1.54, 1.807) is 0 Å². The van der Waals surface area contributed by atoms with Gasteiger partial charge in [-0.1, -0.05) is 34.8 Å². The van der Waals surface area contributed by atoms with Gasteiger partial charge >= 0.3 is 0 Å². The standard InChI is InChI=1S/C12H16BrNO/c13-9-5-6-10(11(14)7-9)12(15)8-3-1-2-4-8/h5-8,12,15H,1-4,14H2.